The fourth-order valence-corrected chi connectivity index (χ4v) is 3.67. The first-order chi connectivity index (χ1) is 7.81. The van der Waals surface area contributed by atoms with Crippen LogP contribution in [-0.4, -0.2) is 18.6 Å². The zero-order valence-corrected chi connectivity index (χ0v) is 10.0. The highest BCUT2D eigenvalue weighted by Gasteiger charge is 2.45. The third-order valence-corrected chi connectivity index (χ3v) is 4.43. The Hall–Kier alpha value is -0.730. The van der Waals surface area contributed by atoms with E-state index in [2.05, 4.69) is 17.0 Å². The second kappa shape index (κ2) is 3.94. The van der Waals surface area contributed by atoms with Gasteiger partial charge in [-0.1, -0.05) is 23.7 Å². The number of hydrogen-bond acceptors (Lipinski definition) is 2. The molecule has 3 unspecified atom stereocenters. The molecule has 2 N–H and O–H groups in total. The average molecular weight is 237 g/mol. The van der Waals surface area contributed by atoms with E-state index in [-0.39, 0.29) is 0 Å². The topological polar surface area (TPSA) is 29.3 Å². The van der Waals surface area contributed by atoms with Gasteiger partial charge in [0.25, 0.3) is 0 Å². The lowest BCUT2D eigenvalue weighted by Crippen LogP contribution is -2.45. The SMILES string of the molecule is NCC1C2CCC(C2)N1c1ccccc1Cl. The van der Waals surface area contributed by atoms with Crippen molar-refractivity contribution < 1.29 is 0 Å². The summed E-state index contributed by atoms with van der Waals surface area (Å²) in [6.07, 6.45) is 3.94. The number of benzene rings is 1. The summed E-state index contributed by atoms with van der Waals surface area (Å²) >= 11 is 6.28. The fourth-order valence-electron chi connectivity index (χ4n) is 3.43. The van der Waals surface area contributed by atoms with Crippen LogP contribution in [0.15, 0.2) is 24.3 Å². The van der Waals surface area contributed by atoms with Gasteiger partial charge in [-0.25, -0.2) is 0 Å². The van der Waals surface area contributed by atoms with Crippen molar-refractivity contribution in [2.24, 2.45) is 11.7 Å². The van der Waals surface area contributed by atoms with E-state index >= 15 is 0 Å². The van der Waals surface area contributed by atoms with Gasteiger partial charge in [0.1, 0.15) is 0 Å². The van der Waals surface area contributed by atoms with Crippen molar-refractivity contribution in [2.75, 3.05) is 11.4 Å². The number of hydrogen-bond donors (Lipinski definition) is 1. The summed E-state index contributed by atoms with van der Waals surface area (Å²) in [4.78, 5) is 2.47. The van der Waals surface area contributed by atoms with Crippen LogP contribution in [-0.2, 0) is 0 Å². The smallest absolute Gasteiger partial charge is 0.0639 e. The average Bonchev–Trinajstić information content (AvgIpc) is 2.89. The van der Waals surface area contributed by atoms with Gasteiger partial charge >= 0.3 is 0 Å². The second-order valence-electron chi connectivity index (χ2n) is 4.89. The molecule has 2 fully saturated rings. The Morgan fingerprint density at radius 1 is 1.31 bits per heavy atom. The highest BCUT2D eigenvalue weighted by atomic mass is 35.5. The van der Waals surface area contributed by atoms with E-state index in [1.165, 1.54) is 24.9 Å². The van der Waals surface area contributed by atoms with E-state index < -0.39 is 0 Å². The number of anilines is 1. The van der Waals surface area contributed by atoms with Crippen LogP contribution in [0.2, 0.25) is 5.02 Å². The van der Waals surface area contributed by atoms with E-state index in [0.717, 1.165) is 17.5 Å². The van der Waals surface area contributed by atoms with Crippen molar-refractivity contribution in [1.82, 2.24) is 0 Å². The number of nitrogens with zero attached hydrogens (tertiary/aromatic N) is 1. The number of halogens is 1. The van der Waals surface area contributed by atoms with Gasteiger partial charge in [-0.15, -0.1) is 0 Å². The molecule has 1 aromatic carbocycles. The maximum Gasteiger partial charge on any atom is 0.0639 e. The molecule has 0 amide bonds. The van der Waals surface area contributed by atoms with Crippen LogP contribution in [0.4, 0.5) is 5.69 Å². The molecule has 0 spiro atoms. The predicted octanol–water partition coefficient (Wildman–Crippen LogP) is 2.66. The molecule has 0 aromatic heterocycles. The monoisotopic (exact) mass is 236 g/mol. The summed E-state index contributed by atoms with van der Waals surface area (Å²) in [5.74, 6) is 0.784. The maximum absolute atomic E-state index is 6.28. The third-order valence-electron chi connectivity index (χ3n) is 4.11. The molecule has 16 heavy (non-hydrogen) atoms. The lowest BCUT2D eigenvalue weighted by atomic mass is 9.98. The molecule has 1 aliphatic carbocycles. The van der Waals surface area contributed by atoms with Crippen molar-refractivity contribution >= 4 is 17.3 Å². The lowest BCUT2D eigenvalue weighted by molar-refractivity contribution is 0.435. The highest BCUT2D eigenvalue weighted by molar-refractivity contribution is 6.33. The number of para-hydroxylation sites is 1. The normalized spacial score (nSPS) is 32.4. The Labute approximate surface area is 101 Å². The first-order valence-corrected chi connectivity index (χ1v) is 6.42. The van der Waals surface area contributed by atoms with Crippen LogP contribution >= 0.6 is 11.6 Å². The predicted molar refractivity (Wildman–Crippen MR) is 67.9 cm³/mol. The molecule has 1 heterocycles. The maximum atomic E-state index is 6.28. The van der Waals surface area contributed by atoms with Gasteiger partial charge in [0.2, 0.25) is 0 Å². The van der Waals surface area contributed by atoms with Gasteiger partial charge in [0.05, 0.1) is 10.7 Å². The molecule has 86 valence electrons. The Bertz CT molecular complexity index is 393. The van der Waals surface area contributed by atoms with Crippen molar-refractivity contribution in [3.63, 3.8) is 0 Å². The Balaban J connectivity index is 1.97. The summed E-state index contributed by atoms with van der Waals surface area (Å²) in [6, 6.07) is 9.29. The summed E-state index contributed by atoms with van der Waals surface area (Å²) < 4.78 is 0. The van der Waals surface area contributed by atoms with E-state index in [0.29, 0.717) is 12.1 Å². The van der Waals surface area contributed by atoms with Crippen molar-refractivity contribution in [2.45, 2.75) is 31.3 Å². The molecule has 1 aromatic rings. The number of fused-ring (bicyclic) bond motifs is 2. The van der Waals surface area contributed by atoms with Gasteiger partial charge in [-0.05, 0) is 37.3 Å². The summed E-state index contributed by atoms with van der Waals surface area (Å²) in [7, 11) is 0. The number of nitrogens with two attached hydrogens (primary N) is 1. The van der Waals surface area contributed by atoms with Crippen molar-refractivity contribution in [3.8, 4) is 0 Å². The standard InChI is InChI=1S/C13H17ClN2/c14-11-3-1-2-4-12(11)16-10-6-5-9(7-10)13(16)8-15/h1-4,9-10,13H,5-8,15H2. The molecular formula is C13H17ClN2. The van der Waals surface area contributed by atoms with Crippen LogP contribution < -0.4 is 10.6 Å². The fraction of sp³-hybridized carbons (Fsp3) is 0.538. The van der Waals surface area contributed by atoms with E-state index in [9.17, 15) is 0 Å². The van der Waals surface area contributed by atoms with E-state index in [1.54, 1.807) is 0 Å². The quantitative estimate of drug-likeness (QED) is 0.856. The Kier molecular flexibility index (Phi) is 2.56. The lowest BCUT2D eigenvalue weighted by Gasteiger charge is -2.37. The highest BCUT2D eigenvalue weighted by Crippen LogP contribution is 2.46. The molecular weight excluding hydrogens is 220 g/mol. The van der Waals surface area contributed by atoms with Crippen LogP contribution in [0, 0.1) is 5.92 Å². The van der Waals surface area contributed by atoms with Gasteiger partial charge in [-0.3, -0.25) is 0 Å². The summed E-state index contributed by atoms with van der Waals surface area (Å²) in [5, 5.41) is 0.855. The van der Waals surface area contributed by atoms with Gasteiger partial charge < -0.3 is 10.6 Å². The molecule has 1 aliphatic heterocycles. The molecule has 3 heteroatoms. The zero-order chi connectivity index (χ0) is 11.1. The van der Waals surface area contributed by atoms with Crippen LogP contribution in [0.3, 0.4) is 0 Å². The molecule has 2 aliphatic rings. The number of piperidine rings is 1. The molecule has 2 nitrogen and oxygen atoms in total. The minimum absolute atomic E-state index is 0.499. The first kappa shape index (κ1) is 10.4. The minimum atomic E-state index is 0.499. The second-order valence-corrected chi connectivity index (χ2v) is 5.30. The first-order valence-electron chi connectivity index (χ1n) is 6.04. The number of rotatable bonds is 2. The van der Waals surface area contributed by atoms with E-state index in [4.69, 9.17) is 17.3 Å². The Morgan fingerprint density at radius 3 is 2.88 bits per heavy atom. The van der Waals surface area contributed by atoms with Crippen LogP contribution in [0.1, 0.15) is 19.3 Å². The molecule has 2 bridgehead atoms. The van der Waals surface area contributed by atoms with Crippen LogP contribution in [0.5, 0.6) is 0 Å². The summed E-state index contributed by atoms with van der Waals surface area (Å²) in [5.41, 5.74) is 7.09. The minimum Gasteiger partial charge on any atom is -0.363 e. The Morgan fingerprint density at radius 2 is 2.12 bits per heavy atom. The molecule has 1 saturated heterocycles. The summed E-state index contributed by atoms with van der Waals surface area (Å²) in [6.45, 7) is 0.742. The third kappa shape index (κ3) is 1.44. The molecule has 3 rings (SSSR count). The largest absolute Gasteiger partial charge is 0.363 e. The van der Waals surface area contributed by atoms with E-state index in [1.807, 2.05) is 12.1 Å². The zero-order valence-electron chi connectivity index (χ0n) is 9.27. The van der Waals surface area contributed by atoms with Crippen molar-refractivity contribution in [3.05, 3.63) is 29.3 Å². The van der Waals surface area contributed by atoms with Gasteiger partial charge in [-0.2, -0.15) is 0 Å². The van der Waals surface area contributed by atoms with Gasteiger partial charge in [0.15, 0.2) is 0 Å². The molecule has 3 atom stereocenters. The van der Waals surface area contributed by atoms with Crippen LogP contribution in [0.25, 0.3) is 0 Å². The van der Waals surface area contributed by atoms with Crippen molar-refractivity contribution in [1.29, 1.82) is 0 Å². The molecule has 1 saturated carbocycles. The molecule has 0 radical (unpaired) electrons. The van der Waals surface area contributed by atoms with Gasteiger partial charge in [0, 0.05) is 18.6 Å².